The molecule has 3 aromatic rings. The molecule has 0 amide bonds. The van der Waals surface area contributed by atoms with Gasteiger partial charge in [0.05, 0.1) is 6.33 Å². The number of aryl methyl sites for hydroxylation is 2. The average molecular weight is 516 g/mol. The van der Waals surface area contributed by atoms with Crippen LogP contribution in [0, 0.1) is 0 Å². The zero-order valence-corrected chi connectivity index (χ0v) is 22.2. The normalized spacial score (nSPS) is 16.0. The fraction of sp³-hybridized carbons (Fsp3) is 0.444. The molecule has 0 saturated heterocycles. The first-order valence-electron chi connectivity index (χ1n) is 12.2. The van der Waals surface area contributed by atoms with E-state index >= 15 is 0 Å². The monoisotopic (exact) mass is 515 g/mol. The lowest BCUT2D eigenvalue weighted by Crippen LogP contribution is -2.39. The van der Waals surface area contributed by atoms with E-state index in [1.807, 2.05) is 18.2 Å². The van der Waals surface area contributed by atoms with Crippen LogP contribution < -0.4 is 9.46 Å². The Kier molecular flexibility index (Phi) is 7.89. The Hall–Kier alpha value is -2.35. The summed E-state index contributed by atoms with van der Waals surface area (Å²) < 4.78 is 34.9. The first-order valence-corrected chi connectivity index (χ1v) is 14.1. The lowest BCUT2D eigenvalue weighted by atomic mass is 9.56. The van der Waals surface area contributed by atoms with Crippen LogP contribution in [0.4, 0.5) is 0 Å². The molecule has 1 heterocycles. The van der Waals surface area contributed by atoms with Gasteiger partial charge in [-0.2, -0.15) is 0 Å². The number of hydrogen-bond acceptors (Lipinski definition) is 4. The van der Waals surface area contributed by atoms with Gasteiger partial charge >= 0.3 is 0 Å². The van der Waals surface area contributed by atoms with Crippen molar-refractivity contribution in [3.8, 4) is 5.75 Å². The number of sulfonamides is 1. The number of halogens is 1. The van der Waals surface area contributed by atoms with Gasteiger partial charge in [-0.05, 0) is 66.1 Å². The zero-order valence-electron chi connectivity index (χ0n) is 20.6. The molecule has 0 bridgehead atoms. The maximum Gasteiger partial charge on any atom is 0.259 e. The van der Waals surface area contributed by atoms with Gasteiger partial charge in [-0.3, -0.25) is 0 Å². The molecular weight excluding hydrogens is 482 g/mol. The molecule has 1 unspecified atom stereocenters. The second-order valence-electron chi connectivity index (χ2n) is 9.47. The largest absolute Gasteiger partial charge is 0.492 e. The smallest absolute Gasteiger partial charge is 0.259 e. The van der Waals surface area contributed by atoms with Gasteiger partial charge in [-0.15, -0.1) is 0 Å². The SMILES string of the molecule is CCCc1ccc(OCCNS(=O)(=O)c2cn(C)cn2)cc1C(C)C1(c2ccc(Cl)cc2)CCC1. The molecule has 0 radical (unpaired) electrons. The molecule has 6 nitrogen and oxygen atoms in total. The van der Waals surface area contributed by atoms with E-state index in [1.54, 1.807) is 11.6 Å². The fourth-order valence-electron chi connectivity index (χ4n) is 5.12. The average Bonchev–Trinajstić information content (AvgIpc) is 3.25. The predicted octanol–water partition coefficient (Wildman–Crippen LogP) is 5.61. The molecule has 1 saturated carbocycles. The van der Waals surface area contributed by atoms with Crippen molar-refractivity contribution in [1.29, 1.82) is 0 Å². The van der Waals surface area contributed by atoms with E-state index in [0.29, 0.717) is 5.92 Å². The van der Waals surface area contributed by atoms with E-state index < -0.39 is 10.0 Å². The molecule has 1 atom stereocenters. The zero-order chi connectivity index (χ0) is 25.1. The number of nitrogens with one attached hydrogen (secondary N) is 1. The summed E-state index contributed by atoms with van der Waals surface area (Å²) in [6.07, 6.45) is 8.56. The Morgan fingerprint density at radius 1 is 1.20 bits per heavy atom. The van der Waals surface area contributed by atoms with Gasteiger partial charge in [0.1, 0.15) is 12.4 Å². The molecule has 1 N–H and O–H groups in total. The van der Waals surface area contributed by atoms with Gasteiger partial charge in [-0.25, -0.2) is 18.1 Å². The van der Waals surface area contributed by atoms with Crippen LogP contribution in [-0.4, -0.2) is 31.1 Å². The third kappa shape index (κ3) is 5.57. The lowest BCUT2D eigenvalue weighted by Gasteiger charge is -2.48. The predicted molar refractivity (Wildman–Crippen MR) is 140 cm³/mol. The van der Waals surface area contributed by atoms with Gasteiger partial charge in [0.15, 0.2) is 5.03 Å². The van der Waals surface area contributed by atoms with Crippen molar-refractivity contribution in [2.75, 3.05) is 13.2 Å². The Balaban J connectivity index is 1.49. The Labute approximate surface area is 213 Å². The number of rotatable bonds is 11. The molecular formula is C27H34ClN3O3S. The van der Waals surface area contributed by atoms with Crippen molar-refractivity contribution in [1.82, 2.24) is 14.3 Å². The Morgan fingerprint density at radius 3 is 2.54 bits per heavy atom. The fourth-order valence-corrected chi connectivity index (χ4v) is 6.24. The maximum absolute atomic E-state index is 12.4. The van der Waals surface area contributed by atoms with Gasteiger partial charge in [-0.1, -0.05) is 56.5 Å². The van der Waals surface area contributed by atoms with Crippen molar-refractivity contribution in [3.63, 3.8) is 0 Å². The van der Waals surface area contributed by atoms with Crippen LogP contribution in [0.2, 0.25) is 5.02 Å². The van der Waals surface area contributed by atoms with Gasteiger partial charge in [0.25, 0.3) is 10.0 Å². The Morgan fingerprint density at radius 2 is 1.94 bits per heavy atom. The molecule has 4 rings (SSSR count). The van der Waals surface area contributed by atoms with Crippen LogP contribution in [0.15, 0.2) is 60.0 Å². The molecule has 1 aromatic heterocycles. The first-order chi connectivity index (χ1) is 16.7. The number of hydrogen-bond donors (Lipinski definition) is 1. The summed E-state index contributed by atoms with van der Waals surface area (Å²) in [6.45, 7) is 4.92. The van der Waals surface area contributed by atoms with Crippen LogP contribution in [0.5, 0.6) is 5.75 Å². The molecule has 2 aromatic carbocycles. The third-order valence-corrected chi connectivity index (χ3v) is 8.81. The second kappa shape index (κ2) is 10.7. The summed E-state index contributed by atoms with van der Waals surface area (Å²) in [5.74, 6) is 1.08. The summed E-state index contributed by atoms with van der Waals surface area (Å²) in [6, 6.07) is 14.6. The molecule has 0 aliphatic heterocycles. The van der Waals surface area contributed by atoms with Crippen LogP contribution in [-0.2, 0) is 28.9 Å². The van der Waals surface area contributed by atoms with Crippen molar-refractivity contribution < 1.29 is 13.2 Å². The van der Waals surface area contributed by atoms with Crippen molar-refractivity contribution in [3.05, 3.63) is 76.7 Å². The van der Waals surface area contributed by atoms with Crippen molar-refractivity contribution in [2.45, 2.75) is 62.3 Å². The topological polar surface area (TPSA) is 73.2 Å². The highest BCUT2D eigenvalue weighted by Gasteiger charge is 2.44. The summed E-state index contributed by atoms with van der Waals surface area (Å²) in [5, 5.41) is 0.768. The third-order valence-electron chi connectivity index (χ3n) is 7.22. The highest BCUT2D eigenvalue weighted by atomic mass is 35.5. The number of benzene rings is 2. The minimum Gasteiger partial charge on any atom is -0.492 e. The summed E-state index contributed by atoms with van der Waals surface area (Å²) in [4.78, 5) is 3.91. The lowest BCUT2D eigenvalue weighted by molar-refractivity contribution is 0.202. The van der Waals surface area contributed by atoms with E-state index in [9.17, 15) is 8.42 Å². The van der Waals surface area contributed by atoms with Crippen molar-refractivity contribution >= 4 is 21.6 Å². The number of aromatic nitrogens is 2. The van der Waals surface area contributed by atoms with Gasteiger partial charge < -0.3 is 9.30 Å². The van der Waals surface area contributed by atoms with Crippen LogP contribution >= 0.6 is 11.6 Å². The van der Waals surface area contributed by atoms with Crippen LogP contribution in [0.3, 0.4) is 0 Å². The van der Waals surface area contributed by atoms with Crippen LogP contribution in [0.25, 0.3) is 0 Å². The van der Waals surface area contributed by atoms with Crippen LogP contribution in [0.1, 0.15) is 62.1 Å². The Bertz CT molecular complexity index is 1250. The van der Waals surface area contributed by atoms with Gasteiger partial charge in [0.2, 0.25) is 0 Å². The minimum atomic E-state index is -3.65. The van der Waals surface area contributed by atoms with E-state index in [4.69, 9.17) is 16.3 Å². The van der Waals surface area contributed by atoms with E-state index in [0.717, 1.165) is 36.5 Å². The molecule has 188 valence electrons. The summed E-state index contributed by atoms with van der Waals surface area (Å²) >= 11 is 6.17. The highest BCUT2D eigenvalue weighted by molar-refractivity contribution is 7.89. The van der Waals surface area contributed by atoms with E-state index in [2.05, 4.69) is 47.8 Å². The number of nitrogens with zero attached hydrogens (tertiary/aromatic N) is 2. The molecule has 1 aliphatic rings. The number of imidazole rings is 1. The molecule has 35 heavy (non-hydrogen) atoms. The second-order valence-corrected chi connectivity index (χ2v) is 11.6. The molecule has 0 spiro atoms. The molecule has 1 fully saturated rings. The summed E-state index contributed by atoms with van der Waals surface area (Å²) in [5.41, 5.74) is 4.11. The van der Waals surface area contributed by atoms with Crippen molar-refractivity contribution in [2.24, 2.45) is 7.05 Å². The van der Waals surface area contributed by atoms with Gasteiger partial charge in [0, 0.05) is 30.2 Å². The molecule has 8 heteroatoms. The highest BCUT2D eigenvalue weighted by Crippen LogP contribution is 2.54. The quantitative estimate of drug-likeness (QED) is 0.337. The molecule has 1 aliphatic carbocycles. The first kappa shape index (κ1) is 25.7. The summed E-state index contributed by atoms with van der Waals surface area (Å²) in [7, 11) is -1.92. The number of ether oxygens (including phenoxy) is 1. The van der Waals surface area contributed by atoms with E-state index in [-0.39, 0.29) is 23.6 Å². The minimum absolute atomic E-state index is 0.00743. The maximum atomic E-state index is 12.4. The van der Waals surface area contributed by atoms with E-state index in [1.165, 1.54) is 35.6 Å². The standard InChI is InChI=1S/C27H34ClN3O3S/c1-4-6-21-7-12-24(34-16-15-30-35(32,33)26-18-31(3)19-29-26)17-25(21)20(2)27(13-5-14-27)22-8-10-23(28)11-9-22/h7-12,17-20,30H,4-6,13-16H2,1-3H3.